The molecule has 8 heteroatoms. The number of benzene rings is 1. The molecule has 2 aromatic heterocycles. The van der Waals surface area contributed by atoms with E-state index in [0.717, 1.165) is 9.20 Å². The Balaban J connectivity index is 2.37. The van der Waals surface area contributed by atoms with Crippen LogP contribution in [0.3, 0.4) is 0 Å². The van der Waals surface area contributed by atoms with E-state index >= 15 is 0 Å². The maximum atomic E-state index is 12.1. The lowest BCUT2D eigenvalue weighted by Gasteiger charge is -2.01. The minimum atomic E-state index is -0.401. The van der Waals surface area contributed by atoms with Crippen molar-refractivity contribution in [1.82, 2.24) is 19.3 Å². The van der Waals surface area contributed by atoms with Crippen molar-refractivity contribution in [2.75, 3.05) is 0 Å². The summed E-state index contributed by atoms with van der Waals surface area (Å²) in [5.41, 5.74) is 0.618. The lowest BCUT2D eigenvalue weighted by Crippen LogP contribution is -2.20. The van der Waals surface area contributed by atoms with Crippen molar-refractivity contribution in [2.24, 2.45) is 7.05 Å². The van der Waals surface area contributed by atoms with Gasteiger partial charge in [-0.05, 0) is 24.4 Å². The summed E-state index contributed by atoms with van der Waals surface area (Å²) in [6, 6.07) is 7.23. The van der Waals surface area contributed by atoms with Crippen molar-refractivity contribution < 1.29 is 5.21 Å². The number of nitrogens with one attached hydrogen (secondary N) is 1. The lowest BCUT2D eigenvalue weighted by atomic mass is 10.2. The average molecular weight is 353 g/mol. The lowest BCUT2D eigenvalue weighted by molar-refractivity contribution is 0.202. The molecule has 1 aromatic carbocycles. The molecule has 0 unspecified atom stereocenters. The van der Waals surface area contributed by atoms with E-state index < -0.39 is 5.56 Å². The van der Waals surface area contributed by atoms with E-state index in [2.05, 4.69) is 25.9 Å². The van der Waals surface area contributed by atoms with Crippen molar-refractivity contribution in [3.8, 4) is 11.4 Å². The second-order valence-corrected chi connectivity index (χ2v) is 5.55. The number of imidazole rings is 1. The highest BCUT2D eigenvalue weighted by atomic mass is 79.9. The smallest absolute Gasteiger partial charge is 0.283 e. The molecule has 3 aromatic rings. The molecule has 0 saturated heterocycles. The second-order valence-electron chi connectivity index (χ2n) is 4.25. The first kappa shape index (κ1) is 13.1. The maximum absolute atomic E-state index is 12.1. The number of fused-ring (bicyclic) bond motifs is 1. The van der Waals surface area contributed by atoms with Crippen LogP contribution in [0.4, 0.5) is 0 Å². The number of aromatic amines is 1. The Kier molecular flexibility index (Phi) is 2.98. The molecule has 0 aliphatic heterocycles. The second kappa shape index (κ2) is 4.57. The molecule has 3 rings (SSSR count). The van der Waals surface area contributed by atoms with Crippen LogP contribution in [0.5, 0.6) is 0 Å². The molecule has 0 spiro atoms. The summed E-state index contributed by atoms with van der Waals surface area (Å²) in [5.74, 6) is 0.279. The number of H-pyrrole nitrogens is 1. The van der Waals surface area contributed by atoms with Crippen LogP contribution >= 0.6 is 28.1 Å². The fraction of sp³-hybridized carbons (Fsp3) is 0.0833. The van der Waals surface area contributed by atoms with Crippen LogP contribution in [0, 0.1) is 4.77 Å². The highest BCUT2D eigenvalue weighted by Crippen LogP contribution is 2.22. The van der Waals surface area contributed by atoms with Crippen molar-refractivity contribution in [3.63, 3.8) is 0 Å². The quantitative estimate of drug-likeness (QED) is 0.521. The normalized spacial score (nSPS) is 11.1. The maximum Gasteiger partial charge on any atom is 0.283 e. The van der Waals surface area contributed by atoms with Gasteiger partial charge in [0.15, 0.2) is 21.8 Å². The Labute approximate surface area is 126 Å². The van der Waals surface area contributed by atoms with Crippen molar-refractivity contribution in [3.05, 3.63) is 43.9 Å². The van der Waals surface area contributed by atoms with Gasteiger partial charge in [0.05, 0.1) is 0 Å². The summed E-state index contributed by atoms with van der Waals surface area (Å²) in [4.78, 5) is 19.2. The van der Waals surface area contributed by atoms with E-state index in [-0.39, 0.29) is 21.8 Å². The van der Waals surface area contributed by atoms with Crippen LogP contribution in [0.25, 0.3) is 22.6 Å². The number of halogens is 1. The SMILES string of the molecule is Cn1c(=S)[nH]c2nc(-c3ccc(Br)cc3)n(O)c2c1=O. The van der Waals surface area contributed by atoms with Crippen molar-refractivity contribution >= 4 is 39.3 Å². The third kappa shape index (κ3) is 1.88. The Hall–Kier alpha value is -1.93. The van der Waals surface area contributed by atoms with E-state index in [1.165, 1.54) is 11.6 Å². The zero-order valence-corrected chi connectivity index (χ0v) is 12.7. The molecule has 0 fully saturated rings. The van der Waals surface area contributed by atoms with E-state index in [0.29, 0.717) is 5.56 Å². The first-order chi connectivity index (χ1) is 9.49. The number of hydrogen-bond donors (Lipinski definition) is 2. The fourth-order valence-corrected chi connectivity index (χ4v) is 2.36. The predicted molar refractivity (Wildman–Crippen MR) is 80.5 cm³/mol. The summed E-state index contributed by atoms with van der Waals surface area (Å²) in [6.07, 6.45) is 0. The van der Waals surface area contributed by atoms with Crippen LogP contribution in [-0.4, -0.2) is 24.5 Å². The van der Waals surface area contributed by atoms with Gasteiger partial charge in [0, 0.05) is 17.1 Å². The summed E-state index contributed by atoms with van der Waals surface area (Å²) < 4.78 is 3.20. The van der Waals surface area contributed by atoms with Gasteiger partial charge in [0.1, 0.15) is 0 Å². The van der Waals surface area contributed by atoms with E-state index in [1.54, 1.807) is 12.1 Å². The van der Waals surface area contributed by atoms with Crippen LogP contribution < -0.4 is 5.56 Å². The first-order valence-corrected chi connectivity index (χ1v) is 6.86. The third-order valence-electron chi connectivity index (χ3n) is 2.99. The fourth-order valence-electron chi connectivity index (χ4n) is 1.91. The number of hydrogen-bond acceptors (Lipinski definition) is 4. The molecule has 0 bridgehead atoms. The minimum Gasteiger partial charge on any atom is -0.426 e. The Morgan fingerprint density at radius 3 is 2.65 bits per heavy atom. The zero-order chi connectivity index (χ0) is 14.4. The van der Waals surface area contributed by atoms with Crippen LogP contribution in [0.2, 0.25) is 0 Å². The Bertz CT molecular complexity index is 924. The molecular weight excluding hydrogens is 344 g/mol. The molecule has 0 atom stereocenters. The van der Waals surface area contributed by atoms with Crippen molar-refractivity contribution in [2.45, 2.75) is 0 Å². The monoisotopic (exact) mass is 352 g/mol. The molecule has 0 aliphatic carbocycles. The molecule has 2 heterocycles. The zero-order valence-electron chi connectivity index (χ0n) is 10.3. The number of rotatable bonds is 1. The summed E-state index contributed by atoms with van der Waals surface area (Å²) >= 11 is 8.36. The number of nitrogens with zero attached hydrogens (tertiary/aromatic N) is 3. The summed E-state index contributed by atoms with van der Waals surface area (Å²) in [5, 5.41) is 10.2. The van der Waals surface area contributed by atoms with Gasteiger partial charge in [-0.15, -0.1) is 0 Å². The third-order valence-corrected chi connectivity index (χ3v) is 3.90. The van der Waals surface area contributed by atoms with Crippen LogP contribution in [-0.2, 0) is 7.05 Å². The predicted octanol–water partition coefficient (Wildman–Crippen LogP) is 2.46. The molecule has 6 nitrogen and oxygen atoms in total. The first-order valence-electron chi connectivity index (χ1n) is 5.66. The molecule has 0 aliphatic rings. The van der Waals surface area contributed by atoms with Gasteiger partial charge in [-0.3, -0.25) is 9.36 Å². The highest BCUT2D eigenvalue weighted by Gasteiger charge is 2.16. The van der Waals surface area contributed by atoms with Gasteiger partial charge in [-0.1, -0.05) is 28.1 Å². The molecule has 2 N–H and O–H groups in total. The molecule has 0 saturated carbocycles. The van der Waals surface area contributed by atoms with E-state index in [9.17, 15) is 10.0 Å². The van der Waals surface area contributed by atoms with Crippen LogP contribution in [0.15, 0.2) is 33.5 Å². The molecule has 0 radical (unpaired) electrons. The summed E-state index contributed by atoms with van der Waals surface area (Å²) in [6.45, 7) is 0. The Morgan fingerprint density at radius 1 is 1.35 bits per heavy atom. The van der Waals surface area contributed by atoms with Gasteiger partial charge < -0.3 is 10.2 Å². The molecule has 0 amide bonds. The largest absolute Gasteiger partial charge is 0.426 e. The minimum absolute atomic E-state index is 0.0685. The number of aromatic nitrogens is 4. The molecule has 20 heavy (non-hydrogen) atoms. The topological polar surface area (TPSA) is 75.8 Å². The average Bonchev–Trinajstić information content (AvgIpc) is 2.74. The summed E-state index contributed by atoms with van der Waals surface area (Å²) in [7, 11) is 1.53. The molecule has 102 valence electrons. The Morgan fingerprint density at radius 2 is 2.00 bits per heavy atom. The highest BCUT2D eigenvalue weighted by molar-refractivity contribution is 9.10. The molecular formula is C12H9BrN4O2S. The van der Waals surface area contributed by atoms with Gasteiger partial charge in [-0.2, -0.15) is 4.73 Å². The van der Waals surface area contributed by atoms with E-state index in [4.69, 9.17) is 12.2 Å². The van der Waals surface area contributed by atoms with Gasteiger partial charge in [0.2, 0.25) is 0 Å². The van der Waals surface area contributed by atoms with Crippen LogP contribution in [0.1, 0.15) is 0 Å². The standard InChI is InChI=1S/C12H9BrN4O2S/c1-16-11(18)8-9(15-12(16)20)14-10(17(8)19)6-2-4-7(13)5-3-6/h2-5,19H,1H3,(H,15,20). The van der Waals surface area contributed by atoms with Gasteiger partial charge in [0.25, 0.3) is 5.56 Å². The van der Waals surface area contributed by atoms with Crippen molar-refractivity contribution in [1.29, 1.82) is 0 Å². The van der Waals surface area contributed by atoms with Gasteiger partial charge >= 0.3 is 0 Å². The van der Waals surface area contributed by atoms with E-state index in [1.807, 2.05) is 12.1 Å². The van der Waals surface area contributed by atoms with Gasteiger partial charge in [-0.25, -0.2) is 4.98 Å².